The molecule has 0 radical (unpaired) electrons. The SMILES string of the molecule is CCN1C(=O)COCC1C(O)c1ccc(NC(=O)CCc2ccccc2)cc1. The van der Waals surface area contributed by atoms with E-state index in [4.69, 9.17) is 4.74 Å². The van der Waals surface area contributed by atoms with Gasteiger partial charge in [0.1, 0.15) is 12.7 Å². The van der Waals surface area contributed by atoms with Gasteiger partial charge in [-0.1, -0.05) is 42.5 Å². The molecule has 1 fully saturated rings. The average molecular weight is 382 g/mol. The van der Waals surface area contributed by atoms with Crippen LogP contribution >= 0.6 is 0 Å². The number of anilines is 1. The van der Waals surface area contributed by atoms with Crippen molar-refractivity contribution in [3.8, 4) is 0 Å². The van der Waals surface area contributed by atoms with Crippen molar-refractivity contribution in [1.82, 2.24) is 4.90 Å². The second kappa shape index (κ2) is 9.48. The van der Waals surface area contributed by atoms with Crippen LogP contribution < -0.4 is 5.32 Å². The molecule has 2 aromatic rings. The topological polar surface area (TPSA) is 78.9 Å². The first-order chi connectivity index (χ1) is 13.6. The minimum absolute atomic E-state index is 0.0550. The highest BCUT2D eigenvalue weighted by atomic mass is 16.5. The molecule has 1 saturated heterocycles. The van der Waals surface area contributed by atoms with Gasteiger partial charge in [-0.15, -0.1) is 0 Å². The van der Waals surface area contributed by atoms with Gasteiger partial charge in [0.15, 0.2) is 0 Å². The molecule has 28 heavy (non-hydrogen) atoms. The van der Waals surface area contributed by atoms with Gasteiger partial charge >= 0.3 is 0 Å². The smallest absolute Gasteiger partial charge is 0.248 e. The molecule has 2 unspecified atom stereocenters. The molecule has 1 aliphatic heterocycles. The average Bonchev–Trinajstić information content (AvgIpc) is 2.73. The standard InChI is InChI=1S/C22H26N2O4/c1-2-24-19(14-28-15-21(24)26)22(27)17-9-11-18(12-10-17)23-20(25)13-8-16-6-4-3-5-7-16/h3-7,9-12,19,22,27H,2,8,13-15H2,1H3,(H,23,25). The maximum atomic E-state index is 12.1. The van der Waals surface area contributed by atoms with Gasteiger partial charge in [-0.25, -0.2) is 0 Å². The highest BCUT2D eigenvalue weighted by Gasteiger charge is 2.33. The molecule has 6 heteroatoms. The molecular weight excluding hydrogens is 356 g/mol. The zero-order valence-corrected chi connectivity index (χ0v) is 16.0. The summed E-state index contributed by atoms with van der Waals surface area (Å²) >= 11 is 0. The first kappa shape index (κ1) is 20.0. The number of nitrogens with one attached hydrogen (secondary N) is 1. The highest BCUT2D eigenvalue weighted by molar-refractivity contribution is 5.90. The number of carbonyl (C=O) groups excluding carboxylic acids is 2. The van der Waals surface area contributed by atoms with Crippen LogP contribution in [-0.2, 0) is 20.7 Å². The molecule has 2 N–H and O–H groups in total. The zero-order chi connectivity index (χ0) is 19.9. The van der Waals surface area contributed by atoms with Gasteiger partial charge in [-0.2, -0.15) is 0 Å². The lowest BCUT2D eigenvalue weighted by molar-refractivity contribution is -0.153. The van der Waals surface area contributed by atoms with E-state index >= 15 is 0 Å². The van der Waals surface area contributed by atoms with Gasteiger partial charge in [0.2, 0.25) is 11.8 Å². The summed E-state index contributed by atoms with van der Waals surface area (Å²) in [6, 6.07) is 16.5. The Morgan fingerprint density at radius 3 is 2.61 bits per heavy atom. The van der Waals surface area contributed by atoms with Crippen LogP contribution in [0.1, 0.15) is 30.6 Å². The fraction of sp³-hybridized carbons (Fsp3) is 0.364. The third-order valence-electron chi connectivity index (χ3n) is 4.96. The number of likely N-dealkylation sites (N-methyl/N-ethyl adjacent to an activating group) is 1. The van der Waals surface area contributed by atoms with Gasteiger partial charge in [0, 0.05) is 18.7 Å². The molecule has 0 spiro atoms. The number of benzene rings is 2. The number of nitrogens with zero attached hydrogens (tertiary/aromatic N) is 1. The summed E-state index contributed by atoms with van der Waals surface area (Å²) < 4.78 is 5.30. The number of ether oxygens (including phenoxy) is 1. The van der Waals surface area contributed by atoms with E-state index in [0.717, 1.165) is 5.56 Å². The molecule has 148 valence electrons. The minimum atomic E-state index is -0.841. The van der Waals surface area contributed by atoms with E-state index in [1.165, 1.54) is 0 Å². The van der Waals surface area contributed by atoms with Crippen LogP contribution in [0.2, 0.25) is 0 Å². The van der Waals surface area contributed by atoms with E-state index in [2.05, 4.69) is 5.32 Å². The van der Waals surface area contributed by atoms with E-state index in [1.807, 2.05) is 37.3 Å². The summed E-state index contributed by atoms with van der Waals surface area (Å²) in [5.41, 5.74) is 2.49. The van der Waals surface area contributed by atoms with Crippen molar-refractivity contribution in [2.45, 2.75) is 31.9 Å². The highest BCUT2D eigenvalue weighted by Crippen LogP contribution is 2.25. The molecule has 0 aromatic heterocycles. The Balaban J connectivity index is 1.56. The molecule has 2 atom stereocenters. The minimum Gasteiger partial charge on any atom is -0.386 e. The van der Waals surface area contributed by atoms with Gasteiger partial charge in [0.25, 0.3) is 0 Å². The molecular formula is C22H26N2O4. The van der Waals surface area contributed by atoms with Crippen LogP contribution in [0.15, 0.2) is 54.6 Å². The van der Waals surface area contributed by atoms with Crippen molar-refractivity contribution in [1.29, 1.82) is 0 Å². The van der Waals surface area contributed by atoms with E-state index in [-0.39, 0.29) is 18.4 Å². The molecule has 0 saturated carbocycles. The maximum Gasteiger partial charge on any atom is 0.248 e. The van der Waals surface area contributed by atoms with Gasteiger partial charge in [0.05, 0.1) is 12.6 Å². The second-order valence-electron chi connectivity index (χ2n) is 6.86. The lowest BCUT2D eigenvalue weighted by Crippen LogP contribution is -2.51. The first-order valence-electron chi connectivity index (χ1n) is 9.57. The Bertz CT molecular complexity index is 792. The first-order valence-corrected chi connectivity index (χ1v) is 9.57. The molecule has 3 rings (SSSR count). The zero-order valence-electron chi connectivity index (χ0n) is 16.0. The van der Waals surface area contributed by atoms with Gasteiger partial charge < -0.3 is 20.1 Å². The van der Waals surface area contributed by atoms with Gasteiger partial charge in [-0.3, -0.25) is 9.59 Å². The quantitative estimate of drug-likeness (QED) is 0.771. The van der Waals surface area contributed by atoms with Crippen LogP contribution in [-0.4, -0.2) is 47.6 Å². The summed E-state index contributed by atoms with van der Waals surface area (Å²) in [6.07, 6.45) is 0.250. The van der Waals surface area contributed by atoms with Crippen molar-refractivity contribution in [3.05, 3.63) is 65.7 Å². The number of hydrogen-bond donors (Lipinski definition) is 2. The maximum absolute atomic E-state index is 12.1. The van der Waals surface area contributed by atoms with Crippen molar-refractivity contribution in [3.63, 3.8) is 0 Å². The molecule has 2 amide bonds. The third kappa shape index (κ3) is 4.97. The normalized spacial score (nSPS) is 18.0. The Morgan fingerprint density at radius 2 is 1.93 bits per heavy atom. The van der Waals surface area contributed by atoms with Crippen molar-refractivity contribution >= 4 is 17.5 Å². The van der Waals surface area contributed by atoms with Crippen LogP contribution in [0.5, 0.6) is 0 Å². The Morgan fingerprint density at radius 1 is 1.21 bits per heavy atom. The van der Waals surface area contributed by atoms with Crippen molar-refractivity contribution in [2.75, 3.05) is 25.1 Å². The van der Waals surface area contributed by atoms with Crippen molar-refractivity contribution in [2.24, 2.45) is 0 Å². The summed E-state index contributed by atoms with van der Waals surface area (Å²) in [5, 5.41) is 13.6. The number of rotatable bonds is 7. The Kier molecular flexibility index (Phi) is 6.79. The number of aliphatic hydroxyl groups is 1. The summed E-state index contributed by atoms with van der Waals surface area (Å²) in [5.74, 6) is -0.166. The van der Waals surface area contributed by atoms with E-state index in [1.54, 1.807) is 29.2 Å². The molecule has 1 heterocycles. The summed E-state index contributed by atoms with van der Waals surface area (Å²) in [6.45, 7) is 2.78. The predicted octanol–water partition coefficient (Wildman–Crippen LogP) is 2.54. The molecule has 2 aromatic carbocycles. The number of morpholine rings is 1. The Labute approximate surface area is 165 Å². The van der Waals surface area contributed by atoms with Crippen LogP contribution in [0.3, 0.4) is 0 Å². The number of carbonyl (C=O) groups is 2. The third-order valence-corrected chi connectivity index (χ3v) is 4.96. The van der Waals surface area contributed by atoms with E-state index in [9.17, 15) is 14.7 Å². The fourth-order valence-electron chi connectivity index (χ4n) is 3.41. The number of amides is 2. The molecule has 0 aliphatic carbocycles. The molecule has 1 aliphatic rings. The van der Waals surface area contributed by atoms with E-state index < -0.39 is 12.1 Å². The molecule has 0 bridgehead atoms. The van der Waals surface area contributed by atoms with E-state index in [0.29, 0.717) is 37.2 Å². The second-order valence-corrected chi connectivity index (χ2v) is 6.86. The Hall–Kier alpha value is -2.70. The monoisotopic (exact) mass is 382 g/mol. The lowest BCUT2D eigenvalue weighted by Gasteiger charge is -2.37. The number of hydrogen-bond acceptors (Lipinski definition) is 4. The summed E-state index contributed by atoms with van der Waals surface area (Å²) in [4.78, 5) is 25.7. The molecule has 6 nitrogen and oxygen atoms in total. The lowest BCUT2D eigenvalue weighted by atomic mass is 10.00. The van der Waals surface area contributed by atoms with Crippen molar-refractivity contribution < 1.29 is 19.4 Å². The van der Waals surface area contributed by atoms with Crippen LogP contribution in [0.4, 0.5) is 5.69 Å². The van der Waals surface area contributed by atoms with Crippen LogP contribution in [0, 0.1) is 0 Å². The van der Waals surface area contributed by atoms with Gasteiger partial charge in [-0.05, 0) is 36.6 Å². The summed E-state index contributed by atoms with van der Waals surface area (Å²) in [7, 11) is 0. The number of aryl methyl sites for hydroxylation is 1. The largest absolute Gasteiger partial charge is 0.386 e. The fourth-order valence-corrected chi connectivity index (χ4v) is 3.41. The number of aliphatic hydroxyl groups excluding tert-OH is 1. The van der Waals surface area contributed by atoms with Crippen LogP contribution in [0.25, 0.3) is 0 Å². The predicted molar refractivity (Wildman–Crippen MR) is 107 cm³/mol.